The van der Waals surface area contributed by atoms with E-state index in [9.17, 15) is 23.9 Å². The largest absolute Gasteiger partial charge is 0.481 e. The summed E-state index contributed by atoms with van der Waals surface area (Å²) in [6.45, 7) is 1.67. The Labute approximate surface area is 222 Å². The molecule has 1 aromatic carbocycles. The van der Waals surface area contributed by atoms with E-state index in [0.717, 1.165) is 12.8 Å². The smallest absolute Gasteiger partial charge is 0.413 e. The van der Waals surface area contributed by atoms with Gasteiger partial charge in [-0.25, -0.2) is 14.5 Å². The number of aromatic nitrogens is 4. The van der Waals surface area contributed by atoms with Crippen molar-refractivity contribution in [1.29, 1.82) is 0 Å². The number of amides is 2. The molecule has 13 heteroatoms. The maximum absolute atomic E-state index is 14.9. The number of pyridine rings is 1. The molecule has 3 N–H and O–H groups in total. The van der Waals surface area contributed by atoms with Crippen LogP contribution in [0, 0.1) is 17.8 Å². The number of carbonyl (C=O) groups excluding carboxylic acids is 2. The number of nitrogens with one attached hydrogen (secondary N) is 2. The van der Waals surface area contributed by atoms with Gasteiger partial charge in [-0.05, 0) is 38.0 Å². The summed E-state index contributed by atoms with van der Waals surface area (Å²) < 4.78 is 21.6. The fraction of sp³-hybridized carbons (Fsp3) is 0.360. The van der Waals surface area contributed by atoms with Gasteiger partial charge in [-0.3, -0.25) is 14.9 Å². The molecule has 11 nitrogen and oxygen atoms in total. The molecule has 0 saturated heterocycles. The molecule has 0 radical (unpaired) electrons. The number of benzene rings is 1. The zero-order valence-corrected chi connectivity index (χ0v) is 21.4. The monoisotopic (exact) mass is 544 g/mol. The van der Waals surface area contributed by atoms with Crippen LogP contribution in [0.2, 0.25) is 5.02 Å². The molecule has 3 aromatic rings. The van der Waals surface area contributed by atoms with Crippen molar-refractivity contribution in [3.05, 3.63) is 52.9 Å². The first kappa shape index (κ1) is 27.0. The van der Waals surface area contributed by atoms with Crippen molar-refractivity contribution in [2.45, 2.75) is 38.7 Å². The van der Waals surface area contributed by atoms with Crippen LogP contribution >= 0.6 is 11.6 Å². The SMILES string of the molecule is CC(OC(=O)Nc1c(-c2ccc(NC(=O)[C@H]3CCCC[C@@H]3C(=O)O)c(F)n2)nnn1C)c1ccccc1Cl. The number of rotatable bonds is 7. The summed E-state index contributed by atoms with van der Waals surface area (Å²) in [6.07, 6.45) is 0.798. The van der Waals surface area contributed by atoms with Crippen LogP contribution in [0.25, 0.3) is 11.4 Å². The Bertz CT molecular complexity index is 1370. The number of aryl methyl sites for hydroxylation is 1. The number of nitrogens with zero attached hydrogens (tertiary/aromatic N) is 4. The van der Waals surface area contributed by atoms with Crippen LogP contribution in [0.1, 0.15) is 44.3 Å². The lowest BCUT2D eigenvalue weighted by Crippen LogP contribution is -2.36. The molecule has 4 rings (SSSR count). The van der Waals surface area contributed by atoms with Gasteiger partial charge in [0.15, 0.2) is 11.5 Å². The van der Waals surface area contributed by atoms with Crippen LogP contribution < -0.4 is 10.6 Å². The second-order valence-electron chi connectivity index (χ2n) is 8.96. The summed E-state index contributed by atoms with van der Waals surface area (Å²) in [5.74, 6) is -4.06. The summed E-state index contributed by atoms with van der Waals surface area (Å²) in [6, 6.07) is 9.65. The van der Waals surface area contributed by atoms with E-state index < -0.39 is 41.9 Å². The molecule has 1 fully saturated rings. The summed E-state index contributed by atoms with van der Waals surface area (Å²) in [5.41, 5.74) is 0.547. The maximum atomic E-state index is 14.9. The van der Waals surface area contributed by atoms with E-state index in [1.54, 1.807) is 31.2 Å². The number of carbonyl (C=O) groups is 3. The molecule has 1 saturated carbocycles. The molecular weight excluding hydrogens is 519 g/mol. The quantitative estimate of drug-likeness (QED) is 0.359. The van der Waals surface area contributed by atoms with Crippen molar-refractivity contribution in [2.75, 3.05) is 10.6 Å². The van der Waals surface area contributed by atoms with Gasteiger partial charge in [0.25, 0.3) is 0 Å². The Balaban J connectivity index is 1.47. The van der Waals surface area contributed by atoms with Gasteiger partial charge >= 0.3 is 12.1 Å². The molecule has 200 valence electrons. The highest BCUT2D eigenvalue weighted by molar-refractivity contribution is 6.31. The van der Waals surface area contributed by atoms with E-state index in [0.29, 0.717) is 23.4 Å². The molecule has 0 bridgehead atoms. The summed E-state index contributed by atoms with van der Waals surface area (Å²) in [4.78, 5) is 40.7. The Hall–Kier alpha value is -4.06. The van der Waals surface area contributed by atoms with Crippen molar-refractivity contribution in [3.63, 3.8) is 0 Å². The van der Waals surface area contributed by atoms with Crippen molar-refractivity contribution < 1.29 is 28.6 Å². The number of carboxylic acid groups (broad SMARTS) is 1. The van der Waals surface area contributed by atoms with Crippen LogP contribution in [-0.2, 0) is 21.4 Å². The van der Waals surface area contributed by atoms with Crippen LogP contribution in [-0.4, -0.2) is 43.1 Å². The molecule has 0 spiro atoms. The third-order valence-electron chi connectivity index (χ3n) is 6.44. The predicted molar refractivity (Wildman–Crippen MR) is 136 cm³/mol. The van der Waals surface area contributed by atoms with E-state index >= 15 is 0 Å². The standard InChI is InChI=1S/C25H26ClFN6O5/c1-13(14-7-5-6-10-17(14)26)38-25(37)30-22-20(31-32-33(22)2)18-11-12-19(21(27)28-18)29-23(34)15-8-3-4-9-16(15)24(35)36/h5-7,10-13,15-16H,3-4,8-9H2,1-2H3,(H,29,34)(H,30,37)(H,35,36)/t13?,15-,16-/m0/s1. The average molecular weight is 545 g/mol. The lowest BCUT2D eigenvalue weighted by molar-refractivity contribution is -0.147. The Morgan fingerprint density at radius 1 is 1.13 bits per heavy atom. The lowest BCUT2D eigenvalue weighted by atomic mass is 9.78. The topological polar surface area (TPSA) is 148 Å². The number of ether oxygens (including phenoxy) is 1. The zero-order valence-electron chi connectivity index (χ0n) is 20.6. The first-order valence-electron chi connectivity index (χ1n) is 12.0. The van der Waals surface area contributed by atoms with Gasteiger partial charge in [0, 0.05) is 17.6 Å². The number of aliphatic carboxylic acids is 1. The second kappa shape index (κ2) is 11.5. The van der Waals surface area contributed by atoms with Gasteiger partial charge in [0.1, 0.15) is 6.10 Å². The third-order valence-corrected chi connectivity index (χ3v) is 6.79. The Morgan fingerprint density at radius 3 is 2.53 bits per heavy atom. The fourth-order valence-electron chi connectivity index (χ4n) is 4.45. The minimum atomic E-state index is -1.04. The average Bonchev–Trinajstić information content (AvgIpc) is 3.24. The normalized spacial score (nSPS) is 17.9. The first-order chi connectivity index (χ1) is 18.2. The molecule has 2 heterocycles. The molecule has 38 heavy (non-hydrogen) atoms. The molecular formula is C25H26ClFN6O5. The van der Waals surface area contributed by atoms with Crippen LogP contribution in [0.4, 0.5) is 20.7 Å². The molecule has 1 aliphatic rings. The minimum Gasteiger partial charge on any atom is -0.481 e. The number of halogens is 2. The summed E-state index contributed by atoms with van der Waals surface area (Å²) in [5, 5.41) is 22.7. The molecule has 0 aliphatic heterocycles. The van der Waals surface area contributed by atoms with Crippen LogP contribution in [0.5, 0.6) is 0 Å². The third kappa shape index (κ3) is 5.91. The number of hydrogen-bond acceptors (Lipinski definition) is 7. The van der Waals surface area contributed by atoms with Crippen LogP contribution in [0.15, 0.2) is 36.4 Å². The first-order valence-corrected chi connectivity index (χ1v) is 12.4. The van der Waals surface area contributed by atoms with E-state index in [-0.39, 0.29) is 22.9 Å². The predicted octanol–water partition coefficient (Wildman–Crippen LogP) is 4.81. The van der Waals surface area contributed by atoms with E-state index in [1.165, 1.54) is 23.9 Å². The Morgan fingerprint density at radius 2 is 1.84 bits per heavy atom. The van der Waals surface area contributed by atoms with Gasteiger partial charge < -0.3 is 15.2 Å². The highest BCUT2D eigenvalue weighted by atomic mass is 35.5. The van der Waals surface area contributed by atoms with Gasteiger partial charge in [0.2, 0.25) is 11.9 Å². The van der Waals surface area contributed by atoms with Crippen molar-refractivity contribution in [2.24, 2.45) is 18.9 Å². The number of anilines is 2. The van der Waals surface area contributed by atoms with Gasteiger partial charge in [0.05, 0.1) is 23.2 Å². The lowest BCUT2D eigenvalue weighted by Gasteiger charge is -2.27. The molecule has 3 atom stereocenters. The van der Waals surface area contributed by atoms with E-state index in [1.807, 2.05) is 0 Å². The van der Waals surface area contributed by atoms with Crippen LogP contribution in [0.3, 0.4) is 0 Å². The second-order valence-corrected chi connectivity index (χ2v) is 9.37. The summed E-state index contributed by atoms with van der Waals surface area (Å²) in [7, 11) is 1.53. The number of hydrogen-bond donors (Lipinski definition) is 3. The fourth-order valence-corrected chi connectivity index (χ4v) is 4.74. The molecule has 2 amide bonds. The molecule has 1 unspecified atom stereocenters. The number of carboxylic acids is 1. The Kier molecular flexibility index (Phi) is 8.20. The molecule has 1 aliphatic carbocycles. The van der Waals surface area contributed by atoms with E-state index in [4.69, 9.17) is 16.3 Å². The van der Waals surface area contributed by atoms with Crippen molar-refractivity contribution in [3.8, 4) is 11.4 Å². The minimum absolute atomic E-state index is 0.0455. The zero-order chi connectivity index (χ0) is 27.4. The van der Waals surface area contributed by atoms with Gasteiger partial charge in [-0.1, -0.05) is 47.9 Å². The van der Waals surface area contributed by atoms with Crippen molar-refractivity contribution in [1.82, 2.24) is 20.0 Å². The van der Waals surface area contributed by atoms with E-state index in [2.05, 4.69) is 25.9 Å². The highest BCUT2D eigenvalue weighted by Gasteiger charge is 2.36. The highest BCUT2D eigenvalue weighted by Crippen LogP contribution is 2.32. The van der Waals surface area contributed by atoms with Crippen molar-refractivity contribution >= 4 is 41.1 Å². The van der Waals surface area contributed by atoms with Gasteiger partial charge in [-0.15, -0.1) is 5.10 Å². The summed E-state index contributed by atoms with van der Waals surface area (Å²) >= 11 is 6.17. The molecule has 2 aromatic heterocycles. The maximum Gasteiger partial charge on any atom is 0.413 e. The van der Waals surface area contributed by atoms with Gasteiger partial charge in [-0.2, -0.15) is 4.39 Å².